The lowest BCUT2D eigenvalue weighted by atomic mass is 10.1. The normalized spacial score (nSPS) is 14.7. The van der Waals surface area contributed by atoms with Gasteiger partial charge in [0.1, 0.15) is 11.7 Å². The predicted octanol–water partition coefficient (Wildman–Crippen LogP) is 2.15. The first kappa shape index (κ1) is 20.6. The van der Waals surface area contributed by atoms with E-state index in [4.69, 9.17) is 4.74 Å². The molecule has 1 N–H and O–H groups in total. The summed E-state index contributed by atoms with van der Waals surface area (Å²) in [6.45, 7) is 2.59. The zero-order chi connectivity index (χ0) is 22.0. The van der Waals surface area contributed by atoms with Crippen molar-refractivity contribution < 1.29 is 28.8 Å². The molecule has 0 unspecified atom stereocenters. The number of benzene rings is 2. The SMILES string of the molecule is C[C@H](OC(=O)[C@H](C)N1C(=O)c2ccccc2C1=O)C(=O)Nc1ccccc1[N+](=O)[O-]. The third-order valence-corrected chi connectivity index (χ3v) is 4.57. The summed E-state index contributed by atoms with van der Waals surface area (Å²) >= 11 is 0. The maximum Gasteiger partial charge on any atom is 0.329 e. The molecule has 0 aromatic heterocycles. The Hall–Kier alpha value is -4.08. The number of fused-ring (bicyclic) bond motifs is 1. The van der Waals surface area contributed by atoms with E-state index in [2.05, 4.69) is 5.32 Å². The van der Waals surface area contributed by atoms with Crippen LogP contribution >= 0.6 is 0 Å². The van der Waals surface area contributed by atoms with Crippen LogP contribution in [0.3, 0.4) is 0 Å². The first-order valence-corrected chi connectivity index (χ1v) is 8.94. The van der Waals surface area contributed by atoms with Gasteiger partial charge in [-0.05, 0) is 32.0 Å². The van der Waals surface area contributed by atoms with Crippen molar-refractivity contribution in [3.63, 3.8) is 0 Å². The van der Waals surface area contributed by atoms with E-state index in [1.165, 1.54) is 50.2 Å². The lowest BCUT2D eigenvalue weighted by Crippen LogP contribution is -2.45. The van der Waals surface area contributed by atoms with Crippen LogP contribution in [0.5, 0.6) is 0 Å². The number of nitro benzene ring substituents is 1. The molecule has 3 rings (SSSR count). The van der Waals surface area contributed by atoms with Crippen LogP contribution in [-0.4, -0.2) is 45.7 Å². The van der Waals surface area contributed by atoms with Crippen molar-refractivity contribution in [1.29, 1.82) is 0 Å². The van der Waals surface area contributed by atoms with Crippen LogP contribution in [0.4, 0.5) is 11.4 Å². The summed E-state index contributed by atoms with van der Waals surface area (Å²) in [5, 5.41) is 13.4. The second-order valence-corrected chi connectivity index (χ2v) is 6.54. The summed E-state index contributed by atoms with van der Waals surface area (Å²) in [6, 6.07) is 10.4. The van der Waals surface area contributed by atoms with Crippen LogP contribution in [0.1, 0.15) is 34.6 Å². The highest BCUT2D eigenvalue weighted by atomic mass is 16.6. The summed E-state index contributed by atoms with van der Waals surface area (Å²) in [5.74, 6) is -3.02. The maximum absolute atomic E-state index is 12.5. The smallest absolute Gasteiger partial charge is 0.329 e. The number of carbonyl (C=O) groups is 4. The summed E-state index contributed by atoms with van der Waals surface area (Å²) in [6.07, 6.45) is -1.32. The molecule has 10 nitrogen and oxygen atoms in total. The Bertz CT molecular complexity index is 1030. The molecule has 10 heteroatoms. The predicted molar refractivity (Wildman–Crippen MR) is 104 cm³/mol. The number of hydrogen-bond donors (Lipinski definition) is 1. The van der Waals surface area contributed by atoms with E-state index in [0.29, 0.717) is 0 Å². The molecule has 154 valence electrons. The van der Waals surface area contributed by atoms with E-state index in [1.807, 2.05) is 0 Å². The first-order chi connectivity index (χ1) is 14.2. The van der Waals surface area contributed by atoms with E-state index < -0.39 is 40.8 Å². The maximum atomic E-state index is 12.5. The van der Waals surface area contributed by atoms with Crippen molar-refractivity contribution in [1.82, 2.24) is 4.90 Å². The third kappa shape index (κ3) is 3.75. The monoisotopic (exact) mass is 411 g/mol. The molecule has 3 amide bonds. The molecule has 0 spiro atoms. The molecule has 30 heavy (non-hydrogen) atoms. The van der Waals surface area contributed by atoms with E-state index in [-0.39, 0.29) is 22.5 Å². The summed E-state index contributed by atoms with van der Waals surface area (Å²) in [4.78, 5) is 60.9. The average molecular weight is 411 g/mol. The molecule has 1 heterocycles. The molecule has 0 fully saturated rings. The van der Waals surface area contributed by atoms with Gasteiger partial charge in [0.25, 0.3) is 23.4 Å². The number of nitro groups is 1. The molecule has 1 aliphatic heterocycles. The summed E-state index contributed by atoms with van der Waals surface area (Å²) < 4.78 is 5.09. The van der Waals surface area contributed by atoms with Gasteiger partial charge >= 0.3 is 5.97 Å². The second-order valence-electron chi connectivity index (χ2n) is 6.54. The highest BCUT2D eigenvalue weighted by Crippen LogP contribution is 2.26. The van der Waals surface area contributed by atoms with Crippen LogP contribution in [0.25, 0.3) is 0 Å². The number of carbonyl (C=O) groups excluding carboxylic acids is 4. The number of rotatable bonds is 6. The third-order valence-electron chi connectivity index (χ3n) is 4.57. The van der Waals surface area contributed by atoms with Gasteiger partial charge < -0.3 is 10.1 Å². The number of imide groups is 1. The molecule has 0 aliphatic carbocycles. The lowest BCUT2D eigenvalue weighted by molar-refractivity contribution is -0.383. The van der Waals surface area contributed by atoms with Crippen LogP contribution in [0.2, 0.25) is 0 Å². The zero-order valence-corrected chi connectivity index (χ0v) is 16.0. The van der Waals surface area contributed by atoms with Crippen LogP contribution in [0, 0.1) is 10.1 Å². The molecule has 0 saturated heterocycles. The number of anilines is 1. The largest absolute Gasteiger partial charge is 0.451 e. The fourth-order valence-electron chi connectivity index (χ4n) is 2.96. The van der Waals surface area contributed by atoms with Gasteiger partial charge in [-0.25, -0.2) is 4.79 Å². The van der Waals surface area contributed by atoms with Gasteiger partial charge in [-0.15, -0.1) is 0 Å². The Balaban J connectivity index is 1.67. The number of hydrogen-bond acceptors (Lipinski definition) is 7. The highest BCUT2D eigenvalue weighted by molar-refractivity contribution is 6.22. The number of nitrogens with zero attached hydrogens (tertiary/aromatic N) is 2. The lowest BCUT2D eigenvalue weighted by Gasteiger charge is -2.22. The minimum atomic E-state index is -1.32. The van der Waals surface area contributed by atoms with E-state index in [1.54, 1.807) is 12.1 Å². The summed E-state index contributed by atoms with van der Waals surface area (Å²) in [7, 11) is 0. The highest BCUT2D eigenvalue weighted by Gasteiger charge is 2.41. The van der Waals surface area contributed by atoms with E-state index in [0.717, 1.165) is 4.90 Å². The van der Waals surface area contributed by atoms with Crippen LogP contribution < -0.4 is 5.32 Å². The zero-order valence-electron chi connectivity index (χ0n) is 16.0. The molecule has 0 saturated carbocycles. The van der Waals surface area contributed by atoms with E-state index in [9.17, 15) is 29.3 Å². The van der Waals surface area contributed by atoms with Gasteiger partial charge in [-0.1, -0.05) is 24.3 Å². The molecular formula is C20H17N3O7. The Morgan fingerprint density at radius 3 is 2.10 bits per heavy atom. The molecule has 0 bridgehead atoms. The minimum absolute atomic E-state index is 0.0520. The molecule has 0 radical (unpaired) electrons. The number of amides is 3. The van der Waals surface area contributed by atoms with Gasteiger partial charge in [0.05, 0.1) is 16.1 Å². The van der Waals surface area contributed by atoms with Crippen molar-refractivity contribution in [3.8, 4) is 0 Å². The molecule has 1 aliphatic rings. The second kappa shape index (κ2) is 8.11. The van der Waals surface area contributed by atoms with Crippen molar-refractivity contribution in [2.24, 2.45) is 0 Å². The first-order valence-electron chi connectivity index (χ1n) is 8.94. The Labute approximate surface area is 170 Å². The van der Waals surface area contributed by atoms with Crippen LogP contribution in [0.15, 0.2) is 48.5 Å². The Kier molecular flexibility index (Phi) is 5.58. The van der Waals surface area contributed by atoms with Gasteiger partial charge in [0.2, 0.25) is 0 Å². The van der Waals surface area contributed by atoms with Crippen molar-refractivity contribution >= 4 is 35.1 Å². The van der Waals surface area contributed by atoms with E-state index >= 15 is 0 Å². The van der Waals surface area contributed by atoms with Gasteiger partial charge in [-0.3, -0.25) is 29.4 Å². The molecule has 2 atom stereocenters. The molecular weight excluding hydrogens is 394 g/mol. The average Bonchev–Trinajstić information content (AvgIpc) is 2.98. The Morgan fingerprint density at radius 1 is 1.00 bits per heavy atom. The van der Waals surface area contributed by atoms with Gasteiger partial charge in [0, 0.05) is 6.07 Å². The summed E-state index contributed by atoms with van der Waals surface area (Å²) in [5.41, 5.74) is 0.00113. The van der Waals surface area contributed by atoms with Crippen molar-refractivity contribution in [2.75, 3.05) is 5.32 Å². The standard InChI is InChI=1S/C20H17N3O7/c1-11(22-18(25)13-7-3-4-8-14(13)19(22)26)20(27)30-12(2)17(24)21-15-9-5-6-10-16(15)23(28)29/h3-12H,1-2H3,(H,21,24)/t11-,12-/m0/s1. The van der Waals surface area contributed by atoms with Crippen molar-refractivity contribution in [3.05, 3.63) is 69.8 Å². The fraction of sp³-hybridized carbons (Fsp3) is 0.200. The van der Waals surface area contributed by atoms with Crippen molar-refractivity contribution in [2.45, 2.75) is 26.0 Å². The molecule has 2 aromatic rings. The Morgan fingerprint density at radius 2 is 1.53 bits per heavy atom. The molecule has 2 aromatic carbocycles. The number of nitrogens with one attached hydrogen (secondary N) is 1. The van der Waals surface area contributed by atoms with Gasteiger partial charge in [-0.2, -0.15) is 0 Å². The van der Waals surface area contributed by atoms with Crippen LogP contribution in [-0.2, 0) is 14.3 Å². The number of ether oxygens (including phenoxy) is 1. The fourth-order valence-corrected chi connectivity index (χ4v) is 2.96. The number of para-hydroxylation sites is 2. The van der Waals surface area contributed by atoms with Gasteiger partial charge in [0.15, 0.2) is 6.10 Å². The number of esters is 1. The minimum Gasteiger partial charge on any atom is -0.451 e. The quantitative estimate of drug-likeness (QED) is 0.333. The topological polar surface area (TPSA) is 136 Å².